The number of hydrogen-bond donors (Lipinski definition) is 1. The smallest absolute Gasteiger partial charge is 0.130 e. The highest BCUT2D eigenvalue weighted by Gasteiger charge is 2.28. The van der Waals surface area contributed by atoms with Gasteiger partial charge in [-0.1, -0.05) is 19.8 Å². The molecule has 1 aliphatic carbocycles. The van der Waals surface area contributed by atoms with Crippen molar-refractivity contribution in [3.63, 3.8) is 0 Å². The van der Waals surface area contributed by atoms with E-state index in [1.165, 1.54) is 25.7 Å². The van der Waals surface area contributed by atoms with Crippen LogP contribution in [0.25, 0.3) is 0 Å². The largest absolute Gasteiger partial charge is 0.365 e. The zero-order valence-electron chi connectivity index (χ0n) is 10.5. The summed E-state index contributed by atoms with van der Waals surface area (Å²) in [5, 5.41) is 3.58. The lowest BCUT2D eigenvalue weighted by Gasteiger charge is -2.26. The van der Waals surface area contributed by atoms with Crippen LogP contribution in [0.4, 0.5) is 5.82 Å². The second kappa shape index (κ2) is 4.40. The van der Waals surface area contributed by atoms with Crippen LogP contribution in [0, 0.1) is 6.92 Å². The molecule has 0 atom stereocenters. The van der Waals surface area contributed by atoms with Gasteiger partial charge in [-0.15, -0.1) is 0 Å². The summed E-state index contributed by atoms with van der Waals surface area (Å²) in [4.78, 5) is 8.87. The van der Waals surface area contributed by atoms with Gasteiger partial charge in [0.25, 0.3) is 0 Å². The summed E-state index contributed by atoms with van der Waals surface area (Å²) in [7, 11) is 0. The molecule has 0 aromatic carbocycles. The fourth-order valence-electron chi connectivity index (χ4n) is 2.46. The summed E-state index contributed by atoms with van der Waals surface area (Å²) >= 11 is 0. The first kappa shape index (κ1) is 11.4. The molecular weight excluding hydrogens is 198 g/mol. The van der Waals surface area contributed by atoms with Crippen LogP contribution in [0.1, 0.15) is 51.0 Å². The molecular formula is C13H21N3. The Morgan fingerprint density at radius 3 is 2.62 bits per heavy atom. The van der Waals surface area contributed by atoms with Gasteiger partial charge in [0.05, 0.1) is 0 Å². The number of anilines is 1. The highest BCUT2D eigenvalue weighted by Crippen LogP contribution is 2.32. The first-order valence-electron chi connectivity index (χ1n) is 6.24. The third-order valence-corrected chi connectivity index (χ3v) is 3.39. The molecule has 1 aromatic rings. The maximum absolute atomic E-state index is 4.47. The minimum absolute atomic E-state index is 0.242. The third-order valence-electron chi connectivity index (χ3n) is 3.39. The second-order valence-electron chi connectivity index (χ2n) is 5.04. The van der Waals surface area contributed by atoms with Crippen LogP contribution in [-0.4, -0.2) is 15.5 Å². The van der Waals surface area contributed by atoms with Gasteiger partial charge in [0.1, 0.15) is 11.6 Å². The molecule has 1 aromatic heterocycles. The van der Waals surface area contributed by atoms with Crippen molar-refractivity contribution in [2.24, 2.45) is 0 Å². The van der Waals surface area contributed by atoms with Gasteiger partial charge in [0.15, 0.2) is 0 Å². The van der Waals surface area contributed by atoms with Crippen molar-refractivity contribution in [2.45, 2.75) is 58.4 Å². The van der Waals surface area contributed by atoms with Gasteiger partial charge in [0.2, 0.25) is 0 Å². The average molecular weight is 219 g/mol. The molecule has 0 unspecified atom stereocenters. The van der Waals surface area contributed by atoms with E-state index in [0.29, 0.717) is 0 Å². The Labute approximate surface area is 97.7 Å². The molecule has 1 aliphatic rings. The lowest BCUT2D eigenvalue weighted by molar-refractivity contribution is 0.530. The number of nitrogens with one attached hydrogen (secondary N) is 1. The van der Waals surface area contributed by atoms with Crippen molar-refractivity contribution in [1.82, 2.24) is 9.97 Å². The molecule has 0 saturated heterocycles. The Hall–Kier alpha value is -1.12. The van der Waals surface area contributed by atoms with E-state index in [1.807, 2.05) is 6.92 Å². The zero-order valence-corrected chi connectivity index (χ0v) is 10.5. The molecule has 1 fully saturated rings. The fourth-order valence-corrected chi connectivity index (χ4v) is 2.46. The summed E-state index contributed by atoms with van der Waals surface area (Å²) in [6.45, 7) is 6.38. The van der Waals surface area contributed by atoms with Crippen molar-refractivity contribution < 1.29 is 0 Å². The van der Waals surface area contributed by atoms with Gasteiger partial charge in [-0.05, 0) is 33.1 Å². The predicted molar refractivity (Wildman–Crippen MR) is 66.6 cm³/mol. The van der Waals surface area contributed by atoms with Crippen LogP contribution in [-0.2, 0) is 6.42 Å². The SMILES string of the molecule is CCc1cc(NC2(C)CCCC2)nc(C)n1. The maximum atomic E-state index is 4.47. The van der Waals surface area contributed by atoms with Gasteiger partial charge in [-0.3, -0.25) is 0 Å². The Morgan fingerprint density at radius 2 is 2.00 bits per heavy atom. The van der Waals surface area contributed by atoms with Gasteiger partial charge in [-0.25, -0.2) is 9.97 Å². The van der Waals surface area contributed by atoms with Crippen LogP contribution < -0.4 is 5.32 Å². The van der Waals surface area contributed by atoms with E-state index in [9.17, 15) is 0 Å². The first-order chi connectivity index (χ1) is 7.61. The number of hydrogen-bond acceptors (Lipinski definition) is 3. The van der Waals surface area contributed by atoms with Crippen LogP contribution in [0.2, 0.25) is 0 Å². The Balaban J connectivity index is 2.17. The molecule has 1 N–H and O–H groups in total. The summed E-state index contributed by atoms with van der Waals surface area (Å²) in [5.74, 6) is 1.86. The minimum atomic E-state index is 0.242. The van der Waals surface area contributed by atoms with E-state index in [4.69, 9.17) is 0 Å². The van der Waals surface area contributed by atoms with Crippen molar-refractivity contribution >= 4 is 5.82 Å². The highest BCUT2D eigenvalue weighted by atomic mass is 15.1. The van der Waals surface area contributed by atoms with Crippen LogP contribution in [0.5, 0.6) is 0 Å². The van der Waals surface area contributed by atoms with E-state index in [1.54, 1.807) is 0 Å². The van der Waals surface area contributed by atoms with E-state index in [-0.39, 0.29) is 5.54 Å². The molecule has 3 nitrogen and oxygen atoms in total. The lowest BCUT2D eigenvalue weighted by Crippen LogP contribution is -2.31. The number of rotatable bonds is 3. The van der Waals surface area contributed by atoms with Crippen LogP contribution in [0.3, 0.4) is 0 Å². The van der Waals surface area contributed by atoms with Gasteiger partial charge in [0, 0.05) is 17.3 Å². The van der Waals surface area contributed by atoms with Gasteiger partial charge >= 0.3 is 0 Å². The number of nitrogens with zero attached hydrogens (tertiary/aromatic N) is 2. The summed E-state index contributed by atoms with van der Waals surface area (Å²) in [5.41, 5.74) is 1.36. The molecule has 0 spiro atoms. The molecule has 0 amide bonds. The van der Waals surface area contributed by atoms with Gasteiger partial charge < -0.3 is 5.32 Å². The molecule has 1 saturated carbocycles. The molecule has 0 radical (unpaired) electrons. The molecule has 2 rings (SSSR count). The number of aromatic nitrogens is 2. The first-order valence-corrected chi connectivity index (χ1v) is 6.24. The van der Waals surface area contributed by atoms with Gasteiger partial charge in [-0.2, -0.15) is 0 Å². The summed E-state index contributed by atoms with van der Waals surface area (Å²) in [6, 6.07) is 2.08. The quantitative estimate of drug-likeness (QED) is 0.849. The Bertz CT molecular complexity index is 367. The molecule has 3 heteroatoms. The fraction of sp³-hybridized carbons (Fsp3) is 0.692. The van der Waals surface area contributed by atoms with Crippen molar-refractivity contribution in [3.8, 4) is 0 Å². The summed E-state index contributed by atoms with van der Waals surface area (Å²) in [6.07, 6.45) is 6.12. The predicted octanol–water partition coefficient (Wildman–Crippen LogP) is 3.09. The Kier molecular flexibility index (Phi) is 3.13. The third kappa shape index (κ3) is 2.52. The van der Waals surface area contributed by atoms with Crippen molar-refractivity contribution in [3.05, 3.63) is 17.6 Å². The summed E-state index contributed by atoms with van der Waals surface area (Å²) < 4.78 is 0. The standard InChI is InChI=1S/C13H21N3/c1-4-11-9-12(15-10(2)14-11)16-13(3)7-5-6-8-13/h9H,4-8H2,1-3H3,(H,14,15,16). The van der Waals surface area contributed by atoms with Crippen LogP contribution in [0.15, 0.2) is 6.07 Å². The zero-order chi connectivity index (χ0) is 11.6. The Morgan fingerprint density at radius 1 is 1.31 bits per heavy atom. The number of aryl methyl sites for hydroxylation is 2. The van der Waals surface area contributed by atoms with Crippen LogP contribution >= 0.6 is 0 Å². The monoisotopic (exact) mass is 219 g/mol. The molecule has 88 valence electrons. The second-order valence-corrected chi connectivity index (χ2v) is 5.04. The molecule has 1 heterocycles. The minimum Gasteiger partial charge on any atom is -0.365 e. The van der Waals surface area contributed by atoms with E-state index < -0.39 is 0 Å². The normalized spacial score (nSPS) is 18.7. The van der Waals surface area contributed by atoms with E-state index >= 15 is 0 Å². The average Bonchev–Trinajstić information content (AvgIpc) is 2.63. The lowest BCUT2D eigenvalue weighted by atomic mass is 10.0. The molecule has 0 bridgehead atoms. The molecule has 0 aliphatic heterocycles. The maximum Gasteiger partial charge on any atom is 0.130 e. The van der Waals surface area contributed by atoms with E-state index in [2.05, 4.69) is 35.2 Å². The van der Waals surface area contributed by atoms with Crippen molar-refractivity contribution in [1.29, 1.82) is 0 Å². The molecule has 16 heavy (non-hydrogen) atoms. The topological polar surface area (TPSA) is 37.8 Å². The van der Waals surface area contributed by atoms with E-state index in [0.717, 1.165) is 23.8 Å². The van der Waals surface area contributed by atoms with Crippen molar-refractivity contribution in [2.75, 3.05) is 5.32 Å². The highest BCUT2D eigenvalue weighted by molar-refractivity contribution is 5.39.